The molecule has 0 bridgehead atoms. The Bertz CT molecular complexity index is 465. The summed E-state index contributed by atoms with van der Waals surface area (Å²) < 4.78 is 29.6. The number of allylic oxidation sites excluding steroid dienone is 1. The molecule has 1 atom stereocenters. The summed E-state index contributed by atoms with van der Waals surface area (Å²) in [7, 11) is -3.66. The van der Waals surface area contributed by atoms with Crippen molar-refractivity contribution in [1.82, 2.24) is 0 Å². The van der Waals surface area contributed by atoms with Crippen molar-refractivity contribution in [2.45, 2.75) is 30.8 Å². The summed E-state index contributed by atoms with van der Waals surface area (Å²) in [6, 6.07) is 6.37. The lowest BCUT2D eigenvalue weighted by Crippen LogP contribution is -2.15. The van der Waals surface area contributed by atoms with Crippen LogP contribution in [0.3, 0.4) is 0 Å². The summed E-state index contributed by atoms with van der Waals surface area (Å²) in [4.78, 5) is 0.172. The van der Waals surface area contributed by atoms with Gasteiger partial charge >= 0.3 is 0 Å². The molecule has 0 aliphatic rings. The minimum absolute atomic E-state index is 0.172. The second kappa shape index (κ2) is 6.33. The lowest BCUT2D eigenvalue weighted by Gasteiger charge is -2.12. The third-order valence-electron chi connectivity index (χ3n) is 2.17. The molecule has 0 aromatic heterocycles. The van der Waals surface area contributed by atoms with E-state index in [9.17, 15) is 8.42 Å². The number of hydrogen-bond donors (Lipinski definition) is 0. The van der Waals surface area contributed by atoms with Gasteiger partial charge in [0, 0.05) is 4.47 Å². The summed E-state index contributed by atoms with van der Waals surface area (Å²) >= 11 is 3.25. The Kier molecular flexibility index (Phi) is 5.36. The smallest absolute Gasteiger partial charge is 0.263 e. The van der Waals surface area contributed by atoms with E-state index in [1.54, 1.807) is 25.1 Å². The molecule has 94 valence electrons. The fourth-order valence-corrected chi connectivity index (χ4v) is 2.65. The van der Waals surface area contributed by atoms with E-state index in [4.69, 9.17) is 4.18 Å². The molecule has 0 fully saturated rings. The lowest BCUT2D eigenvalue weighted by atomic mass is 10.2. The van der Waals surface area contributed by atoms with Crippen LogP contribution in [0.25, 0.3) is 0 Å². The van der Waals surface area contributed by atoms with Crippen LogP contribution in [0.15, 0.2) is 46.3 Å². The molecule has 3 nitrogen and oxygen atoms in total. The molecule has 5 heteroatoms. The van der Waals surface area contributed by atoms with E-state index < -0.39 is 10.1 Å². The summed E-state index contributed by atoms with van der Waals surface area (Å²) in [5.41, 5.74) is 0. The van der Waals surface area contributed by atoms with E-state index in [1.807, 2.05) is 0 Å². The monoisotopic (exact) mass is 318 g/mol. The average Bonchev–Trinajstić information content (AvgIpc) is 2.26. The van der Waals surface area contributed by atoms with Crippen LogP contribution in [0.5, 0.6) is 0 Å². The van der Waals surface area contributed by atoms with Crippen LogP contribution < -0.4 is 0 Å². The van der Waals surface area contributed by atoms with Gasteiger partial charge in [0.25, 0.3) is 10.1 Å². The van der Waals surface area contributed by atoms with Crippen LogP contribution in [-0.2, 0) is 14.3 Å². The van der Waals surface area contributed by atoms with Crippen LogP contribution >= 0.6 is 15.9 Å². The Labute approximate surface area is 111 Å². The maximum Gasteiger partial charge on any atom is 0.297 e. The van der Waals surface area contributed by atoms with Crippen molar-refractivity contribution < 1.29 is 12.6 Å². The quantitative estimate of drug-likeness (QED) is 0.595. The van der Waals surface area contributed by atoms with Crippen LogP contribution in [-0.4, -0.2) is 14.5 Å². The molecule has 1 aromatic carbocycles. The zero-order valence-electron chi connectivity index (χ0n) is 9.60. The summed E-state index contributed by atoms with van der Waals surface area (Å²) in [5.74, 6) is 0. The standard InChI is InChI=1S/C12H15BrO3S/c1-3-4-5-10(2)16-17(14,15)12-8-6-11(13)7-9-12/h3,6-10H,1,4-5H2,2H3/t10-/m1/s1. The first-order valence-corrected chi connectivity index (χ1v) is 7.45. The predicted octanol–water partition coefficient (Wildman–Crippen LogP) is 3.51. The Morgan fingerprint density at radius 2 is 2.00 bits per heavy atom. The molecule has 0 N–H and O–H groups in total. The molecule has 0 unspecified atom stereocenters. The van der Waals surface area contributed by atoms with Crippen LogP contribution in [0.1, 0.15) is 19.8 Å². The molecule has 0 heterocycles. The normalized spacial score (nSPS) is 13.3. The van der Waals surface area contributed by atoms with Gasteiger partial charge in [-0.25, -0.2) is 0 Å². The second-order valence-electron chi connectivity index (χ2n) is 3.68. The van der Waals surface area contributed by atoms with E-state index >= 15 is 0 Å². The molecule has 0 saturated carbocycles. The molecule has 17 heavy (non-hydrogen) atoms. The molecule has 0 amide bonds. The lowest BCUT2D eigenvalue weighted by molar-refractivity contribution is 0.219. The van der Waals surface area contributed by atoms with E-state index in [0.717, 1.165) is 10.9 Å². The molecule has 0 radical (unpaired) electrons. The second-order valence-corrected chi connectivity index (χ2v) is 6.17. The SMILES string of the molecule is C=CCC[C@@H](C)OS(=O)(=O)c1ccc(Br)cc1. The highest BCUT2D eigenvalue weighted by atomic mass is 79.9. The van der Waals surface area contributed by atoms with Gasteiger partial charge in [-0.3, -0.25) is 4.18 Å². The zero-order chi connectivity index (χ0) is 12.9. The van der Waals surface area contributed by atoms with E-state index in [1.165, 1.54) is 12.1 Å². The van der Waals surface area contributed by atoms with Gasteiger partial charge in [-0.1, -0.05) is 22.0 Å². The first-order valence-electron chi connectivity index (χ1n) is 5.25. The van der Waals surface area contributed by atoms with Gasteiger partial charge in [0.05, 0.1) is 11.0 Å². The highest BCUT2D eigenvalue weighted by molar-refractivity contribution is 9.10. The average molecular weight is 319 g/mol. The van der Waals surface area contributed by atoms with E-state index in [-0.39, 0.29) is 11.0 Å². The molecule has 0 spiro atoms. The van der Waals surface area contributed by atoms with Crippen molar-refractivity contribution in [2.75, 3.05) is 0 Å². The molecule has 1 aromatic rings. The zero-order valence-corrected chi connectivity index (χ0v) is 12.0. The van der Waals surface area contributed by atoms with Gasteiger partial charge < -0.3 is 0 Å². The molecular weight excluding hydrogens is 304 g/mol. The van der Waals surface area contributed by atoms with Crippen molar-refractivity contribution >= 4 is 26.0 Å². The van der Waals surface area contributed by atoms with Gasteiger partial charge in [0.2, 0.25) is 0 Å². The fourth-order valence-electron chi connectivity index (χ4n) is 1.27. The third-order valence-corrected chi connectivity index (χ3v) is 4.13. The minimum Gasteiger partial charge on any atom is -0.263 e. The molecule has 0 aliphatic carbocycles. The summed E-state index contributed by atoms with van der Waals surface area (Å²) in [5, 5.41) is 0. The van der Waals surface area contributed by atoms with Crippen LogP contribution in [0, 0.1) is 0 Å². The van der Waals surface area contributed by atoms with Crippen molar-refractivity contribution in [2.24, 2.45) is 0 Å². The Hall–Kier alpha value is -0.650. The van der Waals surface area contributed by atoms with Gasteiger partial charge in [0.15, 0.2) is 0 Å². The molecule has 0 aliphatic heterocycles. The first-order chi connectivity index (χ1) is 7.95. The Morgan fingerprint density at radius 3 is 2.53 bits per heavy atom. The predicted molar refractivity (Wildman–Crippen MR) is 71.3 cm³/mol. The minimum atomic E-state index is -3.66. The van der Waals surface area contributed by atoms with Crippen LogP contribution in [0.4, 0.5) is 0 Å². The fraction of sp³-hybridized carbons (Fsp3) is 0.333. The topological polar surface area (TPSA) is 43.4 Å². The van der Waals surface area contributed by atoms with Crippen molar-refractivity contribution in [1.29, 1.82) is 0 Å². The first kappa shape index (κ1) is 14.4. The largest absolute Gasteiger partial charge is 0.297 e. The van der Waals surface area contributed by atoms with Crippen molar-refractivity contribution in [3.05, 3.63) is 41.4 Å². The highest BCUT2D eigenvalue weighted by Gasteiger charge is 2.18. The molecular formula is C12H15BrO3S. The maximum absolute atomic E-state index is 11.9. The van der Waals surface area contributed by atoms with Gasteiger partial charge in [-0.2, -0.15) is 8.42 Å². The Balaban J connectivity index is 2.74. The van der Waals surface area contributed by atoms with Gasteiger partial charge in [-0.05, 0) is 44.0 Å². The van der Waals surface area contributed by atoms with E-state index in [0.29, 0.717) is 6.42 Å². The van der Waals surface area contributed by atoms with Crippen molar-refractivity contribution in [3.8, 4) is 0 Å². The van der Waals surface area contributed by atoms with Gasteiger partial charge in [-0.15, -0.1) is 6.58 Å². The molecule has 0 saturated heterocycles. The molecule has 1 rings (SSSR count). The highest BCUT2D eigenvalue weighted by Crippen LogP contribution is 2.18. The van der Waals surface area contributed by atoms with E-state index in [2.05, 4.69) is 22.5 Å². The number of rotatable bonds is 6. The van der Waals surface area contributed by atoms with Crippen molar-refractivity contribution in [3.63, 3.8) is 0 Å². The maximum atomic E-state index is 11.9. The summed E-state index contributed by atoms with van der Waals surface area (Å²) in [6.45, 7) is 5.32. The summed E-state index contributed by atoms with van der Waals surface area (Å²) in [6.07, 6.45) is 2.77. The van der Waals surface area contributed by atoms with Gasteiger partial charge in [0.1, 0.15) is 0 Å². The number of benzene rings is 1. The number of halogens is 1. The van der Waals surface area contributed by atoms with Crippen LogP contribution in [0.2, 0.25) is 0 Å². The Morgan fingerprint density at radius 1 is 1.41 bits per heavy atom. The number of hydrogen-bond acceptors (Lipinski definition) is 3. The third kappa shape index (κ3) is 4.61.